The molecule has 0 saturated heterocycles. The average Bonchev–Trinajstić information content (AvgIpc) is 2.83. The van der Waals surface area contributed by atoms with Gasteiger partial charge in [-0.2, -0.15) is 0 Å². The predicted molar refractivity (Wildman–Crippen MR) is 141 cm³/mol. The van der Waals surface area contributed by atoms with Crippen molar-refractivity contribution in [2.45, 2.75) is 45.4 Å². The zero-order valence-corrected chi connectivity index (χ0v) is 21.9. The van der Waals surface area contributed by atoms with Crippen LogP contribution in [-0.2, 0) is 14.8 Å². The van der Waals surface area contributed by atoms with Crippen molar-refractivity contribution in [1.29, 1.82) is 0 Å². The van der Waals surface area contributed by atoms with Gasteiger partial charge in [0.15, 0.2) is 0 Å². The van der Waals surface area contributed by atoms with Crippen molar-refractivity contribution >= 4 is 21.6 Å². The molecule has 3 aromatic carbocycles. The monoisotopic (exact) mass is 494 g/mol. The largest absolute Gasteiger partial charge is 0.491 e. The van der Waals surface area contributed by atoms with Crippen LogP contribution in [0.1, 0.15) is 42.0 Å². The first-order valence-corrected chi connectivity index (χ1v) is 13.2. The maximum atomic E-state index is 13.5. The highest BCUT2D eigenvalue weighted by molar-refractivity contribution is 7.92. The molecule has 0 unspecified atom stereocenters. The third-order valence-corrected chi connectivity index (χ3v) is 7.77. The fourth-order valence-electron chi connectivity index (χ4n) is 3.60. The van der Waals surface area contributed by atoms with Crippen molar-refractivity contribution in [2.24, 2.45) is 0 Å². The molecule has 0 radical (unpaired) electrons. The minimum atomic E-state index is -3.94. The van der Waals surface area contributed by atoms with Gasteiger partial charge in [-0.15, -0.1) is 0 Å². The van der Waals surface area contributed by atoms with Crippen molar-refractivity contribution in [3.63, 3.8) is 0 Å². The number of sulfonamides is 1. The molecule has 0 aromatic heterocycles. The summed E-state index contributed by atoms with van der Waals surface area (Å²) >= 11 is 0. The van der Waals surface area contributed by atoms with Crippen LogP contribution in [0.2, 0.25) is 0 Å². The average molecular weight is 495 g/mol. The summed E-state index contributed by atoms with van der Waals surface area (Å²) in [6.07, 6.45) is 0. The molecule has 0 heterocycles. The first-order valence-electron chi connectivity index (χ1n) is 11.7. The Morgan fingerprint density at radius 1 is 0.943 bits per heavy atom. The van der Waals surface area contributed by atoms with Crippen molar-refractivity contribution in [2.75, 3.05) is 24.0 Å². The molecule has 0 saturated carbocycles. The molecule has 0 aliphatic rings. The van der Waals surface area contributed by atoms with Crippen LogP contribution in [0.5, 0.6) is 5.75 Å². The number of nitrogens with zero attached hydrogens (tertiary/aromatic N) is 1. The number of carbonyl (C=O) groups excluding carboxylic acids is 1. The van der Waals surface area contributed by atoms with Gasteiger partial charge in [0.2, 0.25) is 5.91 Å². The summed E-state index contributed by atoms with van der Waals surface area (Å²) in [4.78, 5) is 12.9. The van der Waals surface area contributed by atoms with Crippen LogP contribution in [-0.4, -0.2) is 34.0 Å². The molecule has 0 atom stereocenters. The third-order valence-electron chi connectivity index (χ3n) is 5.98. The van der Waals surface area contributed by atoms with E-state index in [1.807, 2.05) is 51.1 Å². The highest BCUT2D eigenvalue weighted by Crippen LogP contribution is 2.26. The Balaban J connectivity index is 1.74. The lowest BCUT2D eigenvalue weighted by Crippen LogP contribution is -2.42. The van der Waals surface area contributed by atoms with Crippen LogP contribution in [0.25, 0.3) is 0 Å². The van der Waals surface area contributed by atoms with E-state index in [-0.39, 0.29) is 24.6 Å². The van der Waals surface area contributed by atoms with E-state index in [9.17, 15) is 13.2 Å². The zero-order valence-electron chi connectivity index (χ0n) is 21.0. The van der Waals surface area contributed by atoms with Crippen LogP contribution in [0, 0.1) is 20.8 Å². The summed E-state index contributed by atoms with van der Waals surface area (Å²) in [7, 11) is -3.94. The third kappa shape index (κ3) is 6.63. The van der Waals surface area contributed by atoms with Crippen LogP contribution in [0.3, 0.4) is 0 Å². The minimum Gasteiger partial charge on any atom is -0.491 e. The molecule has 0 aliphatic heterocycles. The van der Waals surface area contributed by atoms with Crippen molar-refractivity contribution in [3.8, 4) is 5.75 Å². The summed E-state index contributed by atoms with van der Waals surface area (Å²) in [5.41, 5.74) is 4.68. The number of anilines is 1. The normalized spacial score (nSPS) is 11.4. The number of nitrogens with one attached hydrogen (secondary N) is 1. The molecular weight excluding hydrogens is 460 g/mol. The molecule has 1 amide bonds. The second kappa shape index (κ2) is 11.4. The number of rotatable bonds is 10. The van der Waals surface area contributed by atoms with Crippen molar-refractivity contribution in [3.05, 3.63) is 89.0 Å². The van der Waals surface area contributed by atoms with Crippen LogP contribution in [0.4, 0.5) is 5.69 Å². The first-order chi connectivity index (χ1) is 16.6. The van der Waals surface area contributed by atoms with Crippen LogP contribution < -0.4 is 14.4 Å². The minimum absolute atomic E-state index is 0.141. The Kier molecular flexibility index (Phi) is 8.57. The molecule has 0 fully saturated rings. The summed E-state index contributed by atoms with van der Waals surface area (Å²) in [6, 6.07) is 19.7. The number of amides is 1. The number of hydrogen-bond donors (Lipinski definition) is 1. The maximum absolute atomic E-state index is 13.5. The summed E-state index contributed by atoms with van der Waals surface area (Å²) in [5, 5.41) is 2.78. The molecule has 0 spiro atoms. The Bertz CT molecular complexity index is 1250. The summed E-state index contributed by atoms with van der Waals surface area (Å²) in [5.74, 6) is 0.679. The molecule has 3 rings (SSSR count). The first kappa shape index (κ1) is 26.3. The molecule has 0 aliphatic carbocycles. The molecule has 1 N–H and O–H groups in total. The SMILES string of the molecule is Cc1ccc(S(=O)(=O)N(CC(=O)NCCOc2cccc(C)c2C)c2ccc(C(C)C)cc2)cc1. The molecule has 186 valence electrons. The number of aryl methyl sites for hydroxylation is 2. The van der Waals surface area contributed by atoms with Crippen molar-refractivity contribution in [1.82, 2.24) is 5.32 Å². The van der Waals surface area contributed by atoms with Gasteiger partial charge in [0.25, 0.3) is 10.0 Å². The van der Waals surface area contributed by atoms with Gasteiger partial charge in [-0.25, -0.2) is 8.42 Å². The standard InChI is InChI=1S/C28H34N2O4S/c1-20(2)24-11-13-25(14-12-24)30(35(32,33)26-15-9-21(3)10-16-26)19-28(31)29-17-18-34-27-8-6-7-22(4)23(27)5/h6-16,20H,17-19H2,1-5H3,(H,29,31). The second-order valence-corrected chi connectivity index (χ2v) is 10.8. The number of benzene rings is 3. The van der Waals surface area contributed by atoms with Gasteiger partial charge in [0, 0.05) is 0 Å². The molecule has 7 heteroatoms. The number of ether oxygens (including phenoxy) is 1. The topological polar surface area (TPSA) is 75.7 Å². The van der Waals surface area contributed by atoms with Gasteiger partial charge in [-0.05, 0) is 73.7 Å². The molecule has 35 heavy (non-hydrogen) atoms. The van der Waals surface area contributed by atoms with Gasteiger partial charge < -0.3 is 10.1 Å². The van der Waals surface area contributed by atoms with E-state index in [2.05, 4.69) is 19.2 Å². The van der Waals surface area contributed by atoms with E-state index in [4.69, 9.17) is 4.74 Å². The van der Waals surface area contributed by atoms with Gasteiger partial charge in [-0.3, -0.25) is 9.10 Å². The lowest BCUT2D eigenvalue weighted by atomic mass is 10.0. The molecule has 0 bridgehead atoms. The van der Waals surface area contributed by atoms with Crippen molar-refractivity contribution < 1.29 is 17.9 Å². The predicted octanol–water partition coefficient (Wildman–Crippen LogP) is 5.13. The smallest absolute Gasteiger partial charge is 0.264 e. The number of carbonyl (C=O) groups is 1. The number of hydrogen-bond acceptors (Lipinski definition) is 4. The lowest BCUT2D eigenvalue weighted by Gasteiger charge is -2.24. The van der Waals surface area contributed by atoms with E-state index in [1.165, 1.54) is 0 Å². The molecule has 3 aromatic rings. The van der Waals surface area contributed by atoms with E-state index >= 15 is 0 Å². The Labute approximate surface area is 209 Å². The van der Waals surface area contributed by atoms with Crippen LogP contribution >= 0.6 is 0 Å². The lowest BCUT2D eigenvalue weighted by molar-refractivity contribution is -0.119. The highest BCUT2D eigenvalue weighted by atomic mass is 32.2. The van der Waals surface area contributed by atoms with E-state index in [0.717, 1.165) is 32.3 Å². The zero-order chi connectivity index (χ0) is 25.6. The van der Waals surface area contributed by atoms with Gasteiger partial charge in [0.1, 0.15) is 18.9 Å². The van der Waals surface area contributed by atoms with Gasteiger partial charge >= 0.3 is 0 Å². The fourth-order valence-corrected chi connectivity index (χ4v) is 5.02. The van der Waals surface area contributed by atoms with E-state index in [1.54, 1.807) is 36.4 Å². The Morgan fingerprint density at radius 2 is 1.60 bits per heavy atom. The second-order valence-electron chi connectivity index (χ2n) is 8.97. The highest BCUT2D eigenvalue weighted by Gasteiger charge is 2.27. The Hall–Kier alpha value is -3.32. The van der Waals surface area contributed by atoms with E-state index in [0.29, 0.717) is 11.6 Å². The quantitative estimate of drug-likeness (QED) is 0.397. The molecular formula is C28H34N2O4S. The van der Waals surface area contributed by atoms with Crippen LogP contribution in [0.15, 0.2) is 71.6 Å². The Morgan fingerprint density at radius 3 is 2.23 bits per heavy atom. The van der Waals surface area contributed by atoms with Gasteiger partial charge in [-0.1, -0.05) is 55.8 Å². The summed E-state index contributed by atoms with van der Waals surface area (Å²) in [6.45, 7) is 10.3. The maximum Gasteiger partial charge on any atom is 0.264 e. The fraction of sp³-hybridized carbons (Fsp3) is 0.321. The molecule has 6 nitrogen and oxygen atoms in total. The summed E-state index contributed by atoms with van der Waals surface area (Å²) < 4.78 is 34.0. The van der Waals surface area contributed by atoms with E-state index < -0.39 is 15.9 Å². The van der Waals surface area contributed by atoms with Gasteiger partial charge in [0.05, 0.1) is 17.1 Å².